The monoisotopic (exact) mass is 283 g/mol. The second-order valence-corrected chi connectivity index (χ2v) is 4.99. The lowest BCUT2D eigenvalue weighted by molar-refractivity contribution is -0.121. The smallest absolute Gasteiger partial charge is 0.221 e. The van der Waals surface area contributed by atoms with Crippen molar-refractivity contribution < 1.29 is 4.79 Å². The van der Waals surface area contributed by atoms with Gasteiger partial charge in [0.05, 0.1) is 6.04 Å². The molecule has 110 valence electrons. The molecule has 1 unspecified atom stereocenters. The third-order valence-electron chi connectivity index (χ3n) is 3.26. The van der Waals surface area contributed by atoms with Gasteiger partial charge < -0.3 is 10.6 Å². The molecular weight excluding hydrogens is 262 g/mol. The van der Waals surface area contributed by atoms with Gasteiger partial charge in [-0.15, -0.1) is 0 Å². The third-order valence-corrected chi connectivity index (χ3v) is 3.26. The van der Waals surface area contributed by atoms with Crippen LogP contribution in [0.5, 0.6) is 0 Å². The van der Waals surface area contributed by atoms with Crippen molar-refractivity contribution in [2.24, 2.45) is 0 Å². The number of amides is 1. The normalized spacial score (nSPS) is 11.9. The van der Waals surface area contributed by atoms with E-state index in [1.54, 1.807) is 6.20 Å². The van der Waals surface area contributed by atoms with Gasteiger partial charge in [-0.05, 0) is 24.1 Å². The Morgan fingerprint density at radius 2 is 2.00 bits per heavy atom. The van der Waals surface area contributed by atoms with E-state index < -0.39 is 0 Å². The van der Waals surface area contributed by atoms with Crippen LogP contribution in [0.3, 0.4) is 0 Å². The summed E-state index contributed by atoms with van der Waals surface area (Å²) in [6.07, 6.45) is 4.05. The van der Waals surface area contributed by atoms with Gasteiger partial charge in [-0.1, -0.05) is 36.4 Å². The molecule has 2 N–H and O–H groups in total. The van der Waals surface area contributed by atoms with Gasteiger partial charge in [0.25, 0.3) is 0 Å². The maximum absolute atomic E-state index is 11.9. The molecule has 4 heteroatoms. The van der Waals surface area contributed by atoms with Crippen molar-refractivity contribution in [2.45, 2.75) is 25.9 Å². The molecule has 0 aliphatic heterocycles. The summed E-state index contributed by atoms with van der Waals surface area (Å²) < 4.78 is 0. The van der Waals surface area contributed by atoms with Crippen molar-refractivity contribution in [1.29, 1.82) is 0 Å². The lowest BCUT2D eigenvalue weighted by Crippen LogP contribution is -2.29. The summed E-state index contributed by atoms with van der Waals surface area (Å²) in [5.41, 5.74) is 2.24. The van der Waals surface area contributed by atoms with Crippen LogP contribution in [0.15, 0.2) is 54.9 Å². The number of aromatic nitrogens is 1. The molecule has 2 rings (SSSR count). The minimum Gasteiger partial charge on any atom is -0.350 e. The Kier molecular flexibility index (Phi) is 5.91. The van der Waals surface area contributed by atoms with Gasteiger partial charge in [0.1, 0.15) is 0 Å². The molecule has 4 nitrogen and oxygen atoms in total. The summed E-state index contributed by atoms with van der Waals surface area (Å²) in [6, 6.07) is 13.9. The van der Waals surface area contributed by atoms with Gasteiger partial charge in [-0.25, -0.2) is 0 Å². The highest BCUT2D eigenvalue weighted by atomic mass is 16.1. The van der Waals surface area contributed by atoms with Crippen molar-refractivity contribution in [3.05, 3.63) is 66.0 Å². The average Bonchev–Trinajstić information content (AvgIpc) is 2.53. The molecule has 0 bridgehead atoms. The van der Waals surface area contributed by atoms with E-state index in [9.17, 15) is 4.79 Å². The van der Waals surface area contributed by atoms with Crippen molar-refractivity contribution in [3.63, 3.8) is 0 Å². The van der Waals surface area contributed by atoms with E-state index in [0.29, 0.717) is 13.0 Å². The Balaban J connectivity index is 1.66. The second kappa shape index (κ2) is 8.17. The van der Waals surface area contributed by atoms with Gasteiger partial charge in [-0.2, -0.15) is 0 Å². The van der Waals surface area contributed by atoms with Crippen molar-refractivity contribution >= 4 is 5.91 Å². The molecule has 1 aromatic heterocycles. The summed E-state index contributed by atoms with van der Waals surface area (Å²) in [4.78, 5) is 15.9. The summed E-state index contributed by atoms with van der Waals surface area (Å²) in [5, 5.41) is 6.25. The molecule has 1 amide bonds. The lowest BCUT2D eigenvalue weighted by atomic mass is 10.1. The highest BCUT2D eigenvalue weighted by Crippen LogP contribution is 2.10. The van der Waals surface area contributed by atoms with E-state index >= 15 is 0 Å². The standard InChI is InChI=1S/C17H21N3O/c1-14(16-7-3-2-4-8-16)20-17(21)9-11-19-13-15-6-5-10-18-12-15/h2-8,10,12,14,19H,9,11,13H2,1H3,(H,20,21). The first-order chi connectivity index (χ1) is 10.3. The molecule has 1 atom stereocenters. The Labute approximate surface area is 125 Å². The first kappa shape index (κ1) is 15.2. The molecule has 0 fully saturated rings. The number of pyridine rings is 1. The number of carbonyl (C=O) groups excluding carboxylic acids is 1. The maximum atomic E-state index is 11.9. The minimum absolute atomic E-state index is 0.0389. The molecule has 0 radical (unpaired) electrons. The van der Waals surface area contributed by atoms with Gasteiger partial charge in [-0.3, -0.25) is 9.78 Å². The largest absolute Gasteiger partial charge is 0.350 e. The predicted molar refractivity (Wildman–Crippen MR) is 83.6 cm³/mol. The van der Waals surface area contributed by atoms with Crippen LogP contribution in [-0.2, 0) is 11.3 Å². The van der Waals surface area contributed by atoms with Crippen LogP contribution in [0.25, 0.3) is 0 Å². The van der Waals surface area contributed by atoms with Crippen LogP contribution < -0.4 is 10.6 Å². The number of nitrogens with one attached hydrogen (secondary N) is 2. The van der Waals surface area contributed by atoms with E-state index in [2.05, 4.69) is 15.6 Å². The summed E-state index contributed by atoms with van der Waals surface area (Å²) in [6.45, 7) is 3.38. The first-order valence-electron chi connectivity index (χ1n) is 7.19. The molecule has 0 saturated heterocycles. The fourth-order valence-corrected chi connectivity index (χ4v) is 2.08. The van der Waals surface area contributed by atoms with Crippen molar-refractivity contribution in [1.82, 2.24) is 15.6 Å². The van der Waals surface area contributed by atoms with Crippen LogP contribution in [0, 0.1) is 0 Å². The SMILES string of the molecule is CC(NC(=O)CCNCc1cccnc1)c1ccccc1. The molecule has 0 spiro atoms. The van der Waals surface area contributed by atoms with Gasteiger partial charge >= 0.3 is 0 Å². The second-order valence-electron chi connectivity index (χ2n) is 4.99. The van der Waals surface area contributed by atoms with Crippen molar-refractivity contribution in [2.75, 3.05) is 6.54 Å². The zero-order valence-corrected chi connectivity index (χ0v) is 12.3. The topological polar surface area (TPSA) is 54.0 Å². The Bertz CT molecular complexity index is 542. The Morgan fingerprint density at radius 1 is 1.19 bits per heavy atom. The van der Waals surface area contributed by atoms with Crippen molar-refractivity contribution in [3.8, 4) is 0 Å². The van der Waals surface area contributed by atoms with Crippen LogP contribution >= 0.6 is 0 Å². The fraction of sp³-hybridized carbons (Fsp3) is 0.294. The number of carbonyl (C=O) groups is 1. The fourth-order valence-electron chi connectivity index (χ4n) is 2.08. The van der Waals surface area contributed by atoms with Gasteiger partial charge in [0, 0.05) is 31.9 Å². The minimum atomic E-state index is 0.0389. The lowest BCUT2D eigenvalue weighted by Gasteiger charge is -2.14. The Hall–Kier alpha value is -2.20. The molecule has 0 aliphatic rings. The van der Waals surface area contributed by atoms with E-state index in [-0.39, 0.29) is 11.9 Å². The summed E-state index contributed by atoms with van der Waals surface area (Å²) >= 11 is 0. The van der Waals surface area contributed by atoms with Gasteiger partial charge in [0.15, 0.2) is 0 Å². The molecule has 0 saturated carbocycles. The quantitative estimate of drug-likeness (QED) is 0.767. The number of nitrogens with zero attached hydrogens (tertiary/aromatic N) is 1. The van der Waals surface area contributed by atoms with Crippen LogP contribution in [-0.4, -0.2) is 17.4 Å². The molecule has 21 heavy (non-hydrogen) atoms. The zero-order valence-electron chi connectivity index (χ0n) is 12.3. The number of rotatable bonds is 7. The van der Waals surface area contributed by atoms with E-state index in [4.69, 9.17) is 0 Å². The van der Waals surface area contributed by atoms with Crippen LogP contribution in [0.1, 0.15) is 30.5 Å². The number of benzene rings is 1. The molecule has 0 aliphatic carbocycles. The highest BCUT2D eigenvalue weighted by Gasteiger charge is 2.08. The molecule has 1 aromatic carbocycles. The van der Waals surface area contributed by atoms with Crippen LogP contribution in [0.4, 0.5) is 0 Å². The number of hydrogen-bond acceptors (Lipinski definition) is 3. The zero-order chi connectivity index (χ0) is 14.9. The van der Waals surface area contributed by atoms with E-state index in [0.717, 1.165) is 17.7 Å². The van der Waals surface area contributed by atoms with E-state index in [1.165, 1.54) is 0 Å². The number of hydrogen-bond donors (Lipinski definition) is 2. The molecule has 1 heterocycles. The molecular formula is C17H21N3O. The first-order valence-corrected chi connectivity index (χ1v) is 7.19. The predicted octanol–water partition coefficient (Wildman–Crippen LogP) is 2.44. The summed E-state index contributed by atoms with van der Waals surface area (Å²) in [7, 11) is 0. The Morgan fingerprint density at radius 3 is 2.71 bits per heavy atom. The molecule has 2 aromatic rings. The highest BCUT2D eigenvalue weighted by molar-refractivity contribution is 5.76. The maximum Gasteiger partial charge on any atom is 0.221 e. The van der Waals surface area contributed by atoms with Gasteiger partial charge in [0.2, 0.25) is 5.91 Å². The third kappa shape index (κ3) is 5.36. The average molecular weight is 283 g/mol. The summed E-state index contributed by atoms with van der Waals surface area (Å²) in [5.74, 6) is 0.0602. The van der Waals surface area contributed by atoms with E-state index in [1.807, 2.05) is 55.6 Å². The van der Waals surface area contributed by atoms with Crippen LogP contribution in [0.2, 0.25) is 0 Å².